The monoisotopic (exact) mass is 317 g/mol. The van der Waals surface area contributed by atoms with E-state index in [0.717, 1.165) is 0 Å². The number of cyclic esters (lactones) is 1. The summed E-state index contributed by atoms with van der Waals surface area (Å²) < 4.78 is 4.77. The number of nitrogen functional groups attached to an aromatic ring is 1. The summed E-state index contributed by atoms with van der Waals surface area (Å²) in [6.45, 7) is 1.14. The molecule has 3 N–H and O–H groups in total. The van der Waals surface area contributed by atoms with Crippen LogP contribution in [-0.2, 0) is 9.53 Å². The Morgan fingerprint density at radius 1 is 1.45 bits per heavy atom. The Bertz CT molecular complexity index is 528. The van der Waals surface area contributed by atoms with Crippen molar-refractivity contribution in [2.75, 3.05) is 30.7 Å². The van der Waals surface area contributed by atoms with Crippen LogP contribution >= 0.6 is 23.2 Å². The first kappa shape index (κ1) is 14.7. The second-order valence-corrected chi connectivity index (χ2v) is 5.10. The fourth-order valence-electron chi connectivity index (χ4n) is 1.79. The van der Waals surface area contributed by atoms with E-state index >= 15 is 0 Å². The molecule has 108 valence electrons. The molecule has 0 spiro atoms. The zero-order valence-corrected chi connectivity index (χ0v) is 12.0. The molecular weight excluding hydrogens is 305 g/mol. The number of nitrogens with zero attached hydrogens (tertiary/aromatic N) is 1. The lowest BCUT2D eigenvalue weighted by molar-refractivity contribution is -0.116. The fourth-order valence-corrected chi connectivity index (χ4v) is 2.35. The number of ether oxygens (including phenoxy) is 1. The molecule has 1 aliphatic rings. The number of benzene rings is 1. The molecule has 0 bridgehead atoms. The number of carbonyl (C=O) groups is 2. The van der Waals surface area contributed by atoms with Gasteiger partial charge in [-0.3, -0.25) is 4.79 Å². The second kappa shape index (κ2) is 6.19. The highest BCUT2D eigenvalue weighted by Gasteiger charge is 2.22. The van der Waals surface area contributed by atoms with Crippen LogP contribution in [0.15, 0.2) is 12.1 Å². The predicted molar refractivity (Wildman–Crippen MR) is 77.0 cm³/mol. The number of amides is 2. The molecule has 1 fully saturated rings. The first-order valence-electron chi connectivity index (χ1n) is 5.93. The summed E-state index contributed by atoms with van der Waals surface area (Å²) >= 11 is 11.8. The van der Waals surface area contributed by atoms with Gasteiger partial charge in [0.15, 0.2) is 0 Å². The van der Waals surface area contributed by atoms with E-state index in [1.807, 2.05) is 0 Å². The third-order valence-corrected chi connectivity index (χ3v) is 3.32. The number of hydrogen-bond acceptors (Lipinski definition) is 4. The summed E-state index contributed by atoms with van der Waals surface area (Å²) in [6.07, 6.45) is -0.269. The Kier molecular flexibility index (Phi) is 4.57. The average Bonchev–Trinajstić information content (AvgIpc) is 2.77. The maximum atomic E-state index is 11.8. The molecule has 2 rings (SSSR count). The zero-order chi connectivity index (χ0) is 14.7. The van der Waals surface area contributed by atoms with Gasteiger partial charge in [-0.1, -0.05) is 23.2 Å². The zero-order valence-electron chi connectivity index (χ0n) is 10.5. The molecule has 1 aliphatic heterocycles. The smallest absolute Gasteiger partial charge is 0.409 e. The molecule has 1 aromatic carbocycles. The van der Waals surface area contributed by atoms with Gasteiger partial charge in [-0.15, -0.1) is 0 Å². The number of halogens is 2. The number of rotatable bonds is 4. The van der Waals surface area contributed by atoms with Gasteiger partial charge >= 0.3 is 6.09 Å². The van der Waals surface area contributed by atoms with Crippen molar-refractivity contribution in [3.8, 4) is 0 Å². The van der Waals surface area contributed by atoms with E-state index in [4.69, 9.17) is 33.7 Å². The van der Waals surface area contributed by atoms with Crippen molar-refractivity contribution in [2.24, 2.45) is 0 Å². The minimum absolute atomic E-state index is 0.132. The number of anilines is 2. The molecule has 0 radical (unpaired) electrons. The topological polar surface area (TPSA) is 84.7 Å². The molecule has 2 amide bonds. The first-order valence-corrected chi connectivity index (χ1v) is 6.69. The van der Waals surface area contributed by atoms with Crippen LogP contribution in [0.2, 0.25) is 10.0 Å². The molecular formula is C12H13Cl2N3O3. The number of nitrogens with one attached hydrogen (secondary N) is 1. The van der Waals surface area contributed by atoms with E-state index in [-0.39, 0.29) is 29.6 Å². The van der Waals surface area contributed by atoms with E-state index in [0.29, 0.717) is 23.9 Å². The van der Waals surface area contributed by atoms with Crippen molar-refractivity contribution >= 4 is 46.6 Å². The minimum atomic E-state index is -0.401. The summed E-state index contributed by atoms with van der Waals surface area (Å²) in [4.78, 5) is 24.5. The Hall–Kier alpha value is -1.66. The van der Waals surface area contributed by atoms with E-state index in [2.05, 4.69) is 5.32 Å². The lowest BCUT2D eigenvalue weighted by Gasteiger charge is -2.14. The molecule has 0 unspecified atom stereocenters. The van der Waals surface area contributed by atoms with Crippen LogP contribution in [0.4, 0.5) is 16.2 Å². The highest BCUT2D eigenvalue weighted by Crippen LogP contribution is 2.32. The van der Waals surface area contributed by atoms with E-state index in [9.17, 15) is 9.59 Å². The summed E-state index contributed by atoms with van der Waals surface area (Å²) in [6, 6.07) is 2.99. The molecule has 8 heteroatoms. The van der Waals surface area contributed by atoms with Crippen LogP contribution in [0.1, 0.15) is 6.42 Å². The molecule has 0 aliphatic carbocycles. The van der Waals surface area contributed by atoms with E-state index < -0.39 is 6.09 Å². The van der Waals surface area contributed by atoms with Crippen molar-refractivity contribution in [1.29, 1.82) is 0 Å². The summed E-state index contributed by atoms with van der Waals surface area (Å²) in [5.41, 5.74) is 6.36. The third kappa shape index (κ3) is 3.46. The fraction of sp³-hybridized carbons (Fsp3) is 0.333. The molecule has 1 aromatic rings. The van der Waals surface area contributed by atoms with Crippen LogP contribution in [0.3, 0.4) is 0 Å². The molecule has 0 aromatic heterocycles. The van der Waals surface area contributed by atoms with Crippen molar-refractivity contribution in [3.63, 3.8) is 0 Å². The maximum Gasteiger partial charge on any atom is 0.409 e. The Morgan fingerprint density at radius 2 is 2.20 bits per heavy atom. The first-order chi connectivity index (χ1) is 9.47. The highest BCUT2D eigenvalue weighted by atomic mass is 35.5. The van der Waals surface area contributed by atoms with Crippen LogP contribution in [0.5, 0.6) is 0 Å². The standard InChI is InChI=1S/C12H13Cl2N3O3/c13-7-5-8(14)11(9(15)6-7)16-10(18)1-2-17-3-4-20-12(17)19/h5-6H,1-4,15H2,(H,16,18). The average molecular weight is 318 g/mol. The van der Waals surface area contributed by atoms with Crippen molar-refractivity contribution in [3.05, 3.63) is 22.2 Å². The SMILES string of the molecule is Nc1cc(Cl)cc(Cl)c1NC(=O)CCN1CCOC1=O. The summed E-state index contributed by atoms with van der Waals surface area (Å²) in [5, 5.41) is 3.27. The van der Waals surface area contributed by atoms with E-state index in [1.54, 1.807) is 0 Å². The maximum absolute atomic E-state index is 11.8. The quantitative estimate of drug-likeness (QED) is 0.835. The van der Waals surface area contributed by atoms with Gasteiger partial charge in [-0.05, 0) is 12.1 Å². The van der Waals surface area contributed by atoms with Gasteiger partial charge in [0, 0.05) is 18.0 Å². The Morgan fingerprint density at radius 3 is 2.80 bits per heavy atom. The summed E-state index contributed by atoms with van der Waals surface area (Å²) in [5.74, 6) is -0.291. The number of nitrogens with two attached hydrogens (primary N) is 1. The molecule has 1 saturated heterocycles. The molecule has 6 nitrogen and oxygen atoms in total. The van der Waals surface area contributed by atoms with Crippen molar-refractivity contribution in [1.82, 2.24) is 4.90 Å². The molecule has 0 saturated carbocycles. The Labute approximate surface area is 125 Å². The van der Waals surface area contributed by atoms with Gasteiger partial charge in [0.2, 0.25) is 5.91 Å². The van der Waals surface area contributed by atoms with Crippen LogP contribution < -0.4 is 11.1 Å². The highest BCUT2D eigenvalue weighted by molar-refractivity contribution is 6.37. The largest absolute Gasteiger partial charge is 0.448 e. The predicted octanol–water partition coefficient (Wildman–Crippen LogP) is 2.36. The lowest BCUT2D eigenvalue weighted by Crippen LogP contribution is -2.28. The van der Waals surface area contributed by atoms with Gasteiger partial charge in [-0.25, -0.2) is 4.79 Å². The van der Waals surface area contributed by atoms with E-state index in [1.165, 1.54) is 17.0 Å². The molecule has 0 atom stereocenters. The van der Waals surface area contributed by atoms with Crippen LogP contribution in [-0.4, -0.2) is 36.6 Å². The molecule has 1 heterocycles. The van der Waals surface area contributed by atoms with Crippen LogP contribution in [0.25, 0.3) is 0 Å². The number of hydrogen-bond donors (Lipinski definition) is 2. The van der Waals surface area contributed by atoms with Crippen molar-refractivity contribution in [2.45, 2.75) is 6.42 Å². The lowest BCUT2D eigenvalue weighted by atomic mass is 10.2. The van der Waals surface area contributed by atoms with Crippen molar-refractivity contribution < 1.29 is 14.3 Å². The van der Waals surface area contributed by atoms with Gasteiger partial charge < -0.3 is 20.7 Å². The van der Waals surface area contributed by atoms with Gasteiger partial charge in [-0.2, -0.15) is 0 Å². The van der Waals surface area contributed by atoms with Gasteiger partial charge in [0.05, 0.1) is 22.9 Å². The van der Waals surface area contributed by atoms with Crippen LogP contribution in [0, 0.1) is 0 Å². The summed E-state index contributed by atoms with van der Waals surface area (Å²) in [7, 11) is 0. The van der Waals surface area contributed by atoms with Gasteiger partial charge in [0.1, 0.15) is 6.61 Å². The molecule has 20 heavy (non-hydrogen) atoms. The number of carbonyl (C=O) groups excluding carboxylic acids is 2. The Balaban J connectivity index is 1.93. The third-order valence-electron chi connectivity index (χ3n) is 2.80. The second-order valence-electron chi connectivity index (χ2n) is 4.25. The minimum Gasteiger partial charge on any atom is -0.448 e. The normalized spacial score (nSPS) is 14.3. The van der Waals surface area contributed by atoms with Gasteiger partial charge in [0.25, 0.3) is 0 Å².